The Morgan fingerprint density at radius 3 is 2.53 bits per heavy atom. The van der Waals surface area contributed by atoms with E-state index in [-0.39, 0.29) is 40.4 Å². The molecule has 2 fully saturated rings. The molecule has 1 unspecified atom stereocenters. The molecule has 4 rings (SSSR count). The minimum Gasteiger partial charge on any atom is -0.492 e. The molecule has 1 amide bonds. The van der Waals surface area contributed by atoms with Crippen LogP contribution in [0.1, 0.15) is 56.4 Å². The van der Waals surface area contributed by atoms with Crippen LogP contribution in [0.2, 0.25) is 0 Å². The zero-order valence-electron chi connectivity index (χ0n) is 19.9. The fourth-order valence-corrected chi connectivity index (χ4v) is 4.84. The van der Waals surface area contributed by atoms with Crippen LogP contribution in [-0.2, 0) is 4.79 Å². The van der Waals surface area contributed by atoms with Crippen molar-refractivity contribution < 1.29 is 23.8 Å². The summed E-state index contributed by atoms with van der Waals surface area (Å²) in [5.74, 6) is -2.02. The molecular formula is C24H31FN4O5. The van der Waals surface area contributed by atoms with Crippen molar-refractivity contribution >= 4 is 28.5 Å². The molecule has 0 spiro atoms. The molecule has 1 saturated carbocycles. The molecule has 9 nitrogen and oxygen atoms in total. The Balaban J connectivity index is 1.81. The highest BCUT2D eigenvalue weighted by molar-refractivity contribution is 5.97. The van der Waals surface area contributed by atoms with Crippen molar-refractivity contribution in [1.29, 1.82) is 0 Å². The number of rotatable bonds is 6. The van der Waals surface area contributed by atoms with Gasteiger partial charge in [-0.15, -0.1) is 0 Å². The fraction of sp³-hybridized carbons (Fsp3) is 0.542. The fourth-order valence-electron chi connectivity index (χ4n) is 4.84. The molecule has 2 aliphatic rings. The molecule has 1 aromatic heterocycles. The summed E-state index contributed by atoms with van der Waals surface area (Å²) >= 11 is 0. The van der Waals surface area contributed by atoms with E-state index in [1.54, 1.807) is 11.5 Å². The quantitative estimate of drug-likeness (QED) is 0.586. The molecule has 1 saturated heterocycles. The number of aromatic carboxylic acids is 1. The van der Waals surface area contributed by atoms with Gasteiger partial charge in [-0.3, -0.25) is 9.59 Å². The van der Waals surface area contributed by atoms with Crippen molar-refractivity contribution in [2.24, 2.45) is 11.1 Å². The third-order valence-corrected chi connectivity index (χ3v) is 6.85. The summed E-state index contributed by atoms with van der Waals surface area (Å²) in [5.41, 5.74) is 4.81. The van der Waals surface area contributed by atoms with Crippen LogP contribution < -0.4 is 26.1 Å². The maximum Gasteiger partial charge on any atom is 0.341 e. The number of amides is 1. The number of fused-ring (bicyclic) bond motifs is 1. The number of carboxylic acid groups (broad SMARTS) is 1. The lowest BCUT2D eigenvalue weighted by molar-refractivity contribution is -0.123. The molecule has 184 valence electrons. The maximum atomic E-state index is 15.6. The molecule has 1 aliphatic heterocycles. The third kappa shape index (κ3) is 4.11. The lowest BCUT2D eigenvalue weighted by Gasteiger charge is -2.46. The predicted octanol–water partition coefficient (Wildman–Crippen LogP) is 2.25. The lowest BCUT2D eigenvalue weighted by atomic mass is 9.78. The first-order valence-corrected chi connectivity index (χ1v) is 11.5. The van der Waals surface area contributed by atoms with Gasteiger partial charge in [0.15, 0.2) is 11.6 Å². The normalized spacial score (nSPS) is 20.8. The van der Waals surface area contributed by atoms with Gasteiger partial charge in [-0.25, -0.2) is 9.18 Å². The van der Waals surface area contributed by atoms with Crippen molar-refractivity contribution in [3.05, 3.63) is 33.9 Å². The maximum absolute atomic E-state index is 15.6. The standard InChI is InChI=1S/C24H31FN4O5/c1-12(26)22(31)27-17-7-8-28(11-24(17,2)3)19-16(25)9-14-18(21(19)34-4)29(13-5-6-13)10-15(20(14)30)23(32)33/h9-10,12-13,17H,5-8,11,26H2,1-4H3,(H,27,31)(H,32,33)/t12-,17?/m0/s1. The van der Waals surface area contributed by atoms with E-state index in [1.807, 2.05) is 18.7 Å². The van der Waals surface area contributed by atoms with Crippen LogP contribution in [0, 0.1) is 11.2 Å². The van der Waals surface area contributed by atoms with Gasteiger partial charge in [0, 0.05) is 36.8 Å². The number of nitrogens with two attached hydrogens (primary N) is 1. The lowest BCUT2D eigenvalue weighted by Crippen LogP contribution is -2.57. The summed E-state index contributed by atoms with van der Waals surface area (Å²) in [6.07, 6.45) is 3.59. The average Bonchev–Trinajstić information content (AvgIpc) is 3.59. The summed E-state index contributed by atoms with van der Waals surface area (Å²) in [7, 11) is 1.42. The molecular weight excluding hydrogens is 443 g/mol. The Bertz CT molecular complexity index is 1220. The number of piperidine rings is 1. The van der Waals surface area contributed by atoms with Crippen molar-refractivity contribution in [2.45, 2.75) is 58.2 Å². The molecule has 0 radical (unpaired) electrons. The first-order valence-electron chi connectivity index (χ1n) is 11.5. The monoisotopic (exact) mass is 474 g/mol. The van der Waals surface area contributed by atoms with Crippen LogP contribution in [0.15, 0.2) is 17.1 Å². The van der Waals surface area contributed by atoms with Crippen LogP contribution in [-0.4, -0.2) is 53.8 Å². The summed E-state index contributed by atoms with van der Waals surface area (Å²) in [5, 5.41) is 12.5. The first kappa shape index (κ1) is 24.0. The Morgan fingerprint density at radius 2 is 2.00 bits per heavy atom. The van der Waals surface area contributed by atoms with Crippen molar-refractivity contribution in [3.63, 3.8) is 0 Å². The second-order valence-corrected chi connectivity index (χ2v) is 10.0. The van der Waals surface area contributed by atoms with Crippen molar-refractivity contribution in [3.8, 4) is 5.75 Å². The van der Waals surface area contributed by atoms with Crippen molar-refractivity contribution in [2.75, 3.05) is 25.1 Å². The highest BCUT2D eigenvalue weighted by Crippen LogP contribution is 2.45. The second-order valence-electron chi connectivity index (χ2n) is 10.0. The van der Waals surface area contributed by atoms with Crippen LogP contribution >= 0.6 is 0 Å². The number of pyridine rings is 1. The van der Waals surface area contributed by atoms with E-state index in [0.717, 1.165) is 18.9 Å². The third-order valence-electron chi connectivity index (χ3n) is 6.85. The van der Waals surface area contributed by atoms with E-state index in [1.165, 1.54) is 13.3 Å². The topological polar surface area (TPSA) is 127 Å². The van der Waals surface area contributed by atoms with E-state index in [4.69, 9.17) is 10.5 Å². The molecule has 2 aromatic rings. The van der Waals surface area contributed by atoms with Gasteiger partial charge in [-0.1, -0.05) is 13.8 Å². The first-order chi connectivity index (χ1) is 16.0. The van der Waals surface area contributed by atoms with Gasteiger partial charge >= 0.3 is 5.97 Å². The van der Waals surface area contributed by atoms with E-state index in [9.17, 15) is 19.5 Å². The second kappa shape index (κ2) is 8.57. The van der Waals surface area contributed by atoms with Gasteiger partial charge in [0.05, 0.1) is 24.1 Å². The number of nitrogens with one attached hydrogen (secondary N) is 1. The number of ether oxygens (including phenoxy) is 1. The molecule has 2 heterocycles. The van der Waals surface area contributed by atoms with E-state index in [2.05, 4.69) is 5.32 Å². The molecule has 4 N–H and O–H groups in total. The Hall–Kier alpha value is -3.14. The number of benzene rings is 1. The number of carboxylic acids is 1. The number of carbonyl (C=O) groups excluding carboxylic acids is 1. The number of methoxy groups -OCH3 is 1. The van der Waals surface area contributed by atoms with Gasteiger partial charge in [0.25, 0.3) is 0 Å². The number of anilines is 1. The summed E-state index contributed by atoms with van der Waals surface area (Å²) in [6, 6.07) is 0.392. The summed E-state index contributed by atoms with van der Waals surface area (Å²) in [4.78, 5) is 38.6. The Kier molecular flexibility index (Phi) is 6.05. The van der Waals surface area contributed by atoms with Gasteiger partial charge in [-0.2, -0.15) is 0 Å². The number of carbonyl (C=O) groups is 2. The van der Waals surface area contributed by atoms with E-state index in [0.29, 0.717) is 25.0 Å². The van der Waals surface area contributed by atoms with Gasteiger partial charge in [0.2, 0.25) is 11.3 Å². The van der Waals surface area contributed by atoms with Gasteiger partial charge in [0.1, 0.15) is 11.3 Å². The Labute approximate surface area is 196 Å². The molecule has 10 heteroatoms. The average molecular weight is 475 g/mol. The molecule has 1 aromatic carbocycles. The van der Waals surface area contributed by atoms with Crippen LogP contribution in [0.25, 0.3) is 10.9 Å². The van der Waals surface area contributed by atoms with Crippen LogP contribution in [0.5, 0.6) is 5.75 Å². The molecule has 34 heavy (non-hydrogen) atoms. The van der Waals surface area contributed by atoms with Gasteiger partial charge < -0.3 is 30.4 Å². The Morgan fingerprint density at radius 1 is 1.32 bits per heavy atom. The number of aromatic nitrogens is 1. The molecule has 0 bridgehead atoms. The predicted molar refractivity (Wildman–Crippen MR) is 126 cm³/mol. The minimum atomic E-state index is -1.34. The number of hydrogen-bond acceptors (Lipinski definition) is 6. The molecule has 1 aliphatic carbocycles. The summed E-state index contributed by atoms with van der Waals surface area (Å²) in [6.45, 7) is 6.50. The minimum absolute atomic E-state index is 0.0109. The van der Waals surface area contributed by atoms with Crippen molar-refractivity contribution in [1.82, 2.24) is 9.88 Å². The SMILES string of the molecule is COc1c(N2CCC(NC(=O)[C@H](C)N)C(C)(C)C2)c(F)cc2c(=O)c(C(=O)O)cn(C3CC3)c12. The van der Waals surface area contributed by atoms with Gasteiger partial charge in [-0.05, 0) is 32.3 Å². The highest BCUT2D eigenvalue weighted by Gasteiger charge is 2.39. The van der Waals surface area contributed by atoms with Crippen LogP contribution in [0.3, 0.4) is 0 Å². The smallest absolute Gasteiger partial charge is 0.341 e. The largest absolute Gasteiger partial charge is 0.492 e. The number of halogens is 1. The van der Waals surface area contributed by atoms with Crippen LogP contribution in [0.4, 0.5) is 10.1 Å². The number of hydrogen-bond donors (Lipinski definition) is 3. The van der Waals surface area contributed by atoms with E-state index < -0.39 is 28.7 Å². The zero-order valence-corrected chi connectivity index (χ0v) is 19.9. The number of nitrogens with zero attached hydrogens (tertiary/aromatic N) is 2. The highest BCUT2D eigenvalue weighted by atomic mass is 19.1. The molecule has 2 atom stereocenters. The summed E-state index contributed by atoms with van der Waals surface area (Å²) < 4.78 is 23.0. The van der Waals surface area contributed by atoms with E-state index >= 15 is 4.39 Å². The zero-order chi connectivity index (χ0) is 24.9.